The van der Waals surface area contributed by atoms with E-state index in [4.69, 9.17) is 9.47 Å². The molecular weight excluding hydrogens is 402 g/mol. The highest BCUT2D eigenvalue weighted by Crippen LogP contribution is 2.32. The van der Waals surface area contributed by atoms with E-state index in [1.165, 1.54) is 0 Å². The lowest BCUT2D eigenvalue weighted by molar-refractivity contribution is 0.0954. The number of carbonyl (C=O) groups is 1. The molecular formula is C26H23N3O3. The first-order chi connectivity index (χ1) is 15.6. The molecule has 2 N–H and O–H groups in total. The number of ether oxygens (including phenoxy) is 2. The van der Waals surface area contributed by atoms with Crippen LogP contribution in [0.4, 0.5) is 0 Å². The van der Waals surface area contributed by atoms with Gasteiger partial charge in [-0.15, -0.1) is 0 Å². The minimum absolute atomic E-state index is 0.121. The molecule has 160 valence electrons. The van der Waals surface area contributed by atoms with Crippen LogP contribution in [0, 0.1) is 11.3 Å². The predicted octanol–water partition coefficient (Wildman–Crippen LogP) is 4.70. The molecule has 0 atom stereocenters. The predicted molar refractivity (Wildman–Crippen MR) is 124 cm³/mol. The highest BCUT2D eigenvalue weighted by Gasteiger charge is 2.09. The van der Waals surface area contributed by atoms with E-state index in [0.717, 1.165) is 27.6 Å². The van der Waals surface area contributed by atoms with Crippen molar-refractivity contribution < 1.29 is 14.3 Å². The van der Waals surface area contributed by atoms with E-state index in [1.807, 2.05) is 60.7 Å². The summed E-state index contributed by atoms with van der Waals surface area (Å²) in [5.41, 5.74) is 5.19. The fourth-order valence-corrected chi connectivity index (χ4v) is 3.67. The van der Waals surface area contributed by atoms with E-state index < -0.39 is 0 Å². The van der Waals surface area contributed by atoms with Crippen molar-refractivity contribution in [2.75, 3.05) is 20.8 Å². The van der Waals surface area contributed by atoms with E-state index in [-0.39, 0.29) is 5.91 Å². The van der Waals surface area contributed by atoms with Gasteiger partial charge < -0.3 is 19.8 Å². The number of H-pyrrole nitrogens is 1. The summed E-state index contributed by atoms with van der Waals surface area (Å²) in [4.78, 5) is 15.6. The lowest BCUT2D eigenvalue weighted by Crippen LogP contribution is -2.25. The van der Waals surface area contributed by atoms with Gasteiger partial charge in [-0.25, -0.2) is 0 Å². The van der Waals surface area contributed by atoms with Crippen LogP contribution in [0.25, 0.3) is 22.0 Å². The smallest absolute Gasteiger partial charge is 0.251 e. The molecule has 6 heteroatoms. The van der Waals surface area contributed by atoms with Crippen molar-refractivity contribution in [2.45, 2.75) is 6.42 Å². The molecule has 0 spiro atoms. The van der Waals surface area contributed by atoms with Gasteiger partial charge in [0.15, 0.2) is 11.5 Å². The van der Waals surface area contributed by atoms with Crippen molar-refractivity contribution >= 4 is 16.8 Å². The Kier molecular flexibility index (Phi) is 6.09. The van der Waals surface area contributed by atoms with Crippen LogP contribution in [-0.2, 0) is 6.42 Å². The van der Waals surface area contributed by atoms with Gasteiger partial charge >= 0.3 is 0 Å². The van der Waals surface area contributed by atoms with Crippen LogP contribution in [0.15, 0.2) is 66.9 Å². The standard InChI is InChI=1S/C26H23N3O3/c1-31-24-10-8-20(14-25(24)32-2)18-4-6-19(7-5-18)26(30)28-12-11-17-3-9-23-22(13-17)21(15-27)16-29-23/h3-10,13-14,16,29H,11-12H2,1-2H3,(H,28,30). The van der Waals surface area contributed by atoms with Crippen molar-refractivity contribution in [3.8, 4) is 28.7 Å². The molecule has 0 bridgehead atoms. The Hall–Kier alpha value is -4.24. The monoisotopic (exact) mass is 425 g/mol. The highest BCUT2D eigenvalue weighted by molar-refractivity contribution is 5.94. The Labute approximate surface area is 186 Å². The van der Waals surface area contributed by atoms with Crippen molar-refractivity contribution in [1.82, 2.24) is 10.3 Å². The first-order valence-electron chi connectivity index (χ1n) is 10.2. The van der Waals surface area contributed by atoms with E-state index in [9.17, 15) is 10.1 Å². The topological polar surface area (TPSA) is 87.1 Å². The van der Waals surface area contributed by atoms with Gasteiger partial charge in [0.05, 0.1) is 19.8 Å². The average Bonchev–Trinajstić information content (AvgIpc) is 3.26. The van der Waals surface area contributed by atoms with E-state index in [2.05, 4.69) is 16.4 Å². The molecule has 32 heavy (non-hydrogen) atoms. The number of fused-ring (bicyclic) bond motifs is 1. The van der Waals surface area contributed by atoms with Gasteiger partial charge in [-0.2, -0.15) is 5.26 Å². The van der Waals surface area contributed by atoms with Gasteiger partial charge in [0, 0.05) is 29.2 Å². The summed E-state index contributed by atoms with van der Waals surface area (Å²) in [5.74, 6) is 1.21. The van der Waals surface area contributed by atoms with Gasteiger partial charge in [0.25, 0.3) is 5.91 Å². The Morgan fingerprint density at radius 1 is 0.969 bits per heavy atom. The van der Waals surface area contributed by atoms with Crippen molar-refractivity contribution in [3.63, 3.8) is 0 Å². The molecule has 1 heterocycles. The zero-order valence-electron chi connectivity index (χ0n) is 17.9. The van der Waals surface area contributed by atoms with Crippen LogP contribution in [0.1, 0.15) is 21.5 Å². The summed E-state index contributed by atoms with van der Waals surface area (Å²) in [7, 11) is 3.21. The highest BCUT2D eigenvalue weighted by atomic mass is 16.5. The van der Waals surface area contributed by atoms with Crippen molar-refractivity contribution in [3.05, 3.63) is 83.6 Å². The molecule has 0 unspecified atom stereocenters. The number of amides is 1. The number of nitrogens with one attached hydrogen (secondary N) is 2. The minimum Gasteiger partial charge on any atom is -0.493 e. The summed E-state index contributed by atoms with van der Waals surface area (Å²) < 4.78 is 10.6. The van der Waals surface area contributed by atoms with Gasteiger partial charge in [0.2, 0.25) is 0 Å². The number of aromatic nitrogens is 1. The second-order valence-corrected chi connectivity index (χ2v) is 7.35. The first kappa shape index (κ1) is 21.0. The van der Waals surface area contributed by atoms with Gasteiger partial charge in [-0.3, -0.25) is 4.79 Å². The maximum absolute atomic E-state index is 12.5. The number of carbonyl (C=O) groups excluding carboxylic acids is 1. The SMILES string of the molecule is COc1ccc(-c2ccc(C(=O)NCCc3ccc4[nH]cc(C#N)c4c3)cc2)cc1OC. The molecule has 6 nitrogen and oxygen atoms in total. The summed E-state index contributed by atoms with van der Waals surface area (Å²) in [6.45, 7) is 0.508. The molecule has 0 aliphatic carbocycles. The molecule has 0 saturated carbocycles. The lowest BCUT2D eigenvalue weighted by Gasteiger charge is -2.10. The van der Waals surface area contributed by atoms with Crippen LogP contribution >= 0.6 is 0 Å². The summed E-state index contributed by atoms with van der Waals surface area (Å²) >= 11 is 0. The van der Waals surface area contributed by atoms with Gasteiger partial charge in [-0.1, -0.05) is 24.3 Å². The molecule has 4 aromatic rings. The minimum atomic E-state index is -0.121. The summed E-state index contributed by atoms with van der Waals surface area (Å²) in [6, 6.07) is 21.3. The zero-order valence-corrected chi connectivity index (χ0v) is 17.9. The molecule has 1 aromatic heterocycles. The lowest BCUT2D eigenvalue weighted by atomic mass is 10.0. The Morgan fingerprint density at radius 3 is 2.44 bits per heavy atom. The molecule has 4 rings (SSSR count). The molecule has 3 aromatic carbocycles. The summed E-state index contributed by atoms with van der Waals surface area (Å²) in [5, 5.41) is 13.1. The van der Waals surface area contributed by atoms with Crippen LogP contribution in [0.2, 0.25) is 0 Å². The zero-order chi connectivity index (χ0) is 22.5. The number of methoxy groups -OCH3 is 2. The number of nitrogens with zero attached hydrogens (tertiary/aromatic N) is 1. The third kappa shape index (κ3) is 4.28. The largest absolute Gasteiger partial charge is 0.493 e. The number of nitriles is 1. The molecule has 1 amide bonds. The average molecular weight is 425 g/mol. The maximum atomic E-state index is 12.5. The van der Waals surface area contributed by atoms with Crippen molar-refractivity contribution in [2.24, 2.45) is 0 Å². The van der Waals surface area contributed by atoms with Crippen molar-refractivity contribution in [1.29, 1.82) is 5.26 Å². The van der Waals surface area contributed by atoms with Gasteiger partial charge in [-0.05, 0) is 59.5 Å². The molecule has 0 aliphatic heterocycles. The summed E-state index contributed by atoms with van der Waals surface area (Å²) in [6.07, 6.45) is 2.39. The van der Waals surface area contributed by atoms with E-state index in [1.54, 1.807) is 20.4 Å². The van der Waals surface area contributed by atoms with Crippen LogP contribution in [0.5, 0.6) is 11.5 Å². The second-order valence-electron chi connectivity index (χ2n) is 7.35. The third-order valence-electron chi connectivity index (χ3n) is 5.43. The fraction of sp³-hybridized carbons (Fsp3) is 0.154. The molecule has 0 radical (unpaired) electrons. The number of hydrogen-bond acceptors (Lipinski definition) is 4. The Morgan fingerprint density at radius 2 is 1.72 bits per heavy atom. The van der Waals surface area contributed by atoms with Crippen LogP contribution in [-0.4, -0.2) is 31.7 Å². The Balaban J connectivity index is 1.38. The number of aromatic amines is 1. The Bertz CT molecular complexity index is 1300. The number of benzene rings is 3. The van der Waals surface area contributed by atoms with Gasteiger partial charge in [0.1, 0.15) is 6.07 Å². The van der Waals surface area contributed by atoms with Crippen LogP contribution in [0.3, 0.4) is 0 Å². The third-order valence-corrected chi connectivity index (χ3v) is 5.43. The molecule has 0 saturated heterocycles. The first-order valence-corrected chi connectivity index (χ1v) is 10.2. The molecule has 0 aliphatic rings. The van der Waals surface area contributed by atoms with E-state index in [0.29, 0.717) is 35.6 Å². The quantitative estimate of drug-likeness (QED) is 0.449. The van der Waals surface area contributed by atoms with Crippen LogP contribution < -0.4 is 14.8 Å². The maximum Gasteiger partial charge on any atom is 0.251 e. The molecule has 0 fully saturated rings. The number of hydrogen-bond donors (Lipinski definition) is 2. The normalized spacial score (nSPS) is 10.5. The number of rotatable bonds is 7. The fourth-order valence-electron chi connectivity index (χ4n) is 3.67. The second kappa shape index (κ2) is 9.27. The van der Waals surface area contributed by atoms with E-state index >= 15 is 0 Å².